The van der Waals surface area contributed by atoms with E-state index in [1.54, 1.807) is 11.3 Å². The van der Waals surface area contributed by atoms with Gasteiger partial charge < -0.3 is 5.73 Å². The van der Waals surface area contributed by atoms with E-state index >= 15 is 0 Å². The molecular formula is C13H16N2S. The summed E-state index contributed by atoms with van der Waals surface area (Å²) in [4.78, 5) is 5.32. The fourth-order valence-corrected chi connectivity index (χ4v) is 2.51. The lowest BCUT2D eigenvalue weighted by atomic mass is 10.0. The molecule has 16 heavy (non-hydrogen) atoms. The van der Waals surface area contributed by atoms with E-state index in [9.17, 15) is 0 Å². The van der Waals surface area contributed by atoms with Crippen molar-refractivity contribution in [3.63, 3.8) is 0 Å². The molecule has 0 aliphatic heterocycles. The summed E-state index contributed by atoms with van der Waals surface area (Å²) in [6.45, 7) is 4.30. The van der Waals surface area contributed by atoms with Gasteiger partial charge in [-0.05, 0) is 37.8 Å². The van der Waals surface area contributed by atoms with Gasteiger partial charge in [0.1, 0.15) is 0 Å². The van der Waals surface area contributed by atoms with Crippen molar-refractivity contribution >= 4 is 16.5 Å². The van der Waals surface area contributed by atoms with Crippen LogP contribution in [0.1, 0.15) is 21.6 Å². The first kappa shape index (κ1) is 11.1. The van der Waals surface area contributed by atoms with Crippen molar-refractivity contribution in [2.75, 3.05) is 5.73 Å². The Labute approximate surface area is 100 Å². The van der Waals surface area contributed by atoms with Crippen LogP contribution in [0.4, 0.5) is 5.13 Å². The normalized spacial score (nSPS) is 10.6. The predicted molar refractivity (Wildman–Crippen MR) is 69.9 cm³/mol. The van der Waals surface area contributed by atoms with E-state index in [-0.39, 0.29) is 0 Å². The van der Waals surface area contributed by atoms with Crippen molar-refractivity contribution in [1.82, 2.24) is 4.98 Å². The predicted octanol–water partition coefficient (Wildman–Crippen LogP) is 3.13. The Morgan fingerprint density at radius 2 is 2.06 bits per heavy atom. The van der Waals surface area contributed by atoms with Gasteiger partial charge in [0, 0.05) is 11.1 Å². The molecule has 0 bridgehead atoms. The second-order valence-electron chi connectivity index (χ2n) is 4.09. The first-order chi connectivity index (χ1) is 7.65. The van der Waals surface area contributed by atoms with Gasteiger partial charge in [0.2, 0.25) is 0 Å². The highest BCUT2D eigenvalue weighted by Crippen LogP contribution is 2.18. The van der Waals surface area contributed by atoms with Crippen LogP contribution in [0.2, 0.25) is 0 Å². The second kappa shape index (κ2) is 4.66. The van der Waals surface area contributed by atoms with E-state index in [1.165, 1.54) is 21.6 Å². The summed E-state index contributed by atoms with van der Waals surface area (Å²) in [6.07, 6.45) is 3.97. The summed E-state index contributed by atoms with van der Waals surface area (Å²) >= 11 is 1.58. The molecule has 3 heteroatoms. The molecule has 0 radical (unpaired) electrons. The zero-order chi connectivity index (χ0) is 11.5. The molecule has 2 aromatic rings. The van der Waals surface area contributed by atoms with Gasteiger partial charge in [-0.15, -0.1) is 11.3 Å². The minimum atomic E-state index is 0.663. The number of thiazole rings is 1. The molecule has 2 N–H and O–H groups in total. The molecule has 0 aliphatic carbocycles. The molecule has 1 aromatic heterocycles. The number of aromatic nitrogens is 1. The number of nitrogen functional groups attached to an aromatic ring is 1. The maximum absolute atomic E-state index is 5.60. The number of benzene rings is 1. The van der Waals surface area contributed by atoms with Gasteiger partial charge in [-0.1, -0.05) is 23.8 Å². The molecule has 0 saturated carbocycles. The smallest absolute Gasteiger partial charge is 0.180 e. The topological polar surface area (TPSA) is 38.9 Å². The molecular weight excluding hydrogens is 216 g/mol. The maximum atomic E-state index is 5.60. The van der Waals surface area contributed by atoms with Gasteiger partial charge in [-0.25, -0.2) is 4.98 Å². The van der Waals surface area contributed by atoms with Crippen LogP contribution >= 0.6 is 11.3 Å². The Kier molecular flexibility index (Phi) is 3.25. The van der Waals surface area contributed by atoms with Crippen LogP contribution in [0, 0.1) is 13.8 Å². The number of rotatable bonds is 3. The Morgan fingerprint density at radius 1 is 1.25 bits per heavy atom. The molecule has 0 atom stereocenters. The zero-order valence-corrected chi connectivity index (χ0v) is 10.5. The molecule has 0 unspecified atom stereocenters. The van der Waals surface area contributed by atoms with Crippen LogP contribution in [0.5, 0.6) is 0 Å². The molecule has 1 aromatic carbocycles. The summed E-state index contributed by atoms with van der Waals surface area (Å²) in [5, 5.41) is 0.663. The van der Waals surface area contributed by atoms with Gasteiger partial charge >= 0.3 is 0 Å². The van der Waals surface area contributed by atoms with Crippen molar-refractivity contribution < 1.29 is 0 Å². The average molecular weight is 232 g/mol. The fraction of sp³-hybridized carbons (Fsp3) is 0.308. The summed E-state index contributed by atoms with van der Waals surface area (Å²) in [6, 6.07) is 6.62. The lowest BCUT2D eigenvalue weighted by molar-refractivity contribution is 0.962. The fourth-order valence-electron chi connectivity index (χ4n) is 1.82. The van der Waals surface area contributed by atoms with Gasteiger partial charge in [-0.2, -0.15) is 0 Å². The Morgan fingerprint density at radius 3 is 2.69 bits per heavy atom. The van der Waals surface area contributed by atoms with Crippen molar-refractivity contribution in [3.8, 4) is 0 Å². The SMILES string of the molecule is Cc1ccc(CCc2cnc(N)s2)c(C)c1. The Bertz CT molecular complexity index is 488. The molecule has 0 fully saturated rings. The largest absolute Gasteiger partial charge is 0.375 e. The highest BCUT2D eigenvalue weighted by atomic mass is 32.1. The van der Waals surface area contributed by atoms with E-state index < -0.39 is 0 Å². The standard InChI is InChI=1S/C13H16N2S/c1-9-3-4-11(10(2)7-9)5-6-12-8-15-13(14)16-12/h3-4,7-8H,5-6H2,1-2H3,(H2,14,15). The third kappa shape index (κ3) is 2.61. The van der Waals surface area contributed by atoms with E-state index in [2.05, 4.69) is 37.0 Å². The molecule has 1 heterocycles. The second-order valence-corrected chi connectivity index (χ2v) is 5.24. The number of anilines is 1. The number of hydrogen-bond donors (Lipinski definition) is 1. The summed E-state index contributed by atoms with van der Waals surface area (Å²) in [7, 11) is 0. The van der Waals surface area contributed by atoms with E-state index in [4.69, 9.17) is 5.73 Å². The molecule has 0 amide bonds. The van der Waals surface area contributed by atoms with Gasteiger partial charge in [0.15, 0.2) is 5.13 Å². The third-order valence-electron chi connectivity index (χ3n) is 2.71. The van der Waals surface area contributed by atoms with Crippen LogP contribution in [0.3, 0.4) is 0 Å². The van der Waals surface area contributed by atoms with Crippen LogP contribution in [-0.2, 0) is 12.8 Å². The van der Waals surface area contributed by atoms with Crippen LogP contribution < -0.4 is 5.73 Å². The van der Waals surface area contributed by atoms with Crippen LogP contribution in [-0.4, -0.2) is 4.98 Å². The quantitative estimate of drug-likeness (QED) is 0.883. The minimum Gasteiger partial charge on any atom is -0.375 e. The van der Waals surface area contributed by atoms with Gasteiger partial charge in [-0.3, -0.25) is 0 Å². The van der Waals surface area contributed by atoms with Gasteiger partial charge in [0.05, 0.1) is 0 Å². The van der Waals surface area contributed by atoms with Crippen molar-refractivity contribution in [2.24, 2.45) is 0 Å². The number of nitrogens with zero attached hydrogens (tertiary/aromatic N) is 1. The van der Waals surface area contributed by atoms with Gasteiger partial charge in [0.25, 0.3) is 0 Å². The van der Waals surface area contributed by atoms with Crippen molar-refractivity contribution in [3.05, 3.63) is 46.0 Å². The lowest BCUT2D eigenvalue weighted by Gasteiger charge is -2.05. The van der Waals surface area contributed by atoms with Crippen LogP contribution in [0.15, 0.2) is 24.4 Å². The molecule has 0 saturated heterocycles. The molecule has 2 nitrogen and oxygen atoms in total. The average Bonchev–Trinajstić information content (AvgIpc) is 2.63. The maximum Gasteiger partial charge on any atom is 0.180 e. The first-order valence-corrected chi connectivity index (χ1v) is 6.23. The monoisotopic (exact) mass is 232 g/mol. The van der Waals surface area contributed by atoms with Crippen LogP contribution in [0.25, 0.3) is 0 Å². The highest BCUT2D eigenvalue weighted by Gasteiger charge is 2.02. The Balaban J connectivity index is 2.04. The molecule has 2 rings (SSSR count). The zero-order valence-electron chi connectivity index (χ0n) is 9.66. The molecule has 0 aliphatic rings. The number of nitrogens with two attached hydrogens (primary N) is 1. The highest BCUT2D eigenvalue weighted by molar-refractivity contribution is 7.15. The number of aryl methyl sites for hydroxylation is 4. The minimum absolute atomic E-state index is 0.663. The van der Waals surface area contributed by atoms with Crippen molar-refractivity contribution in [2.45, 2.75) is 26.7 Å². The Hall–Kier alpha value is -1.35. The molecule has 84 valence electrons. The molecule has 0 spiro atoms. The third-order valence-corrected chi connectivity index (χ3v) is 3.60. The van der Waals surface area contributed by atoms with E-state index in [1.807, 2.05) is 6.20 Å². The number of hydrogen-bond acceptors (Lipinski definition) is 3. The first-order valence-electron chi connectivity index (χ1n) is 5.41. The van der Waals surface area contributed by atoms with E-state index in [0.717, 1.165) is 12.8 Å². The van der Waals surface area contributed by atoms with Crippen molar-refractivity contribution in [1.29, 1.82) is 0 Å². The summed E-state index contributed by atoms with van der Waals surface area (Å²) < 4.78 is 0. The summed E-state index contributed by atoms with van der Waals surface area (Å²) in [5.41, 5.74) is 9.71. The van der Waals surface area contributed by atoms with E-state index in [0.29, 0.717) is 5.13 Å². The lowest BCUT2D eigenvalue weighted by Crippen LogP contribution is -1.93. The summed E-state index contributed by atoms with van der Waals surface area (Å²) in [5.74, 6) is 0.